The molecule has 0 radical (unpaired) electrons. The molecule has 2 rings (SSSR count). The number of carbonyl (C=O) groups is 2. The van der Waals surface area contributed by atoms with Crippen molar-refractivity contribution in [2.45, 2.75) is 13.5 Å². The van der Waals surface area contributed by atoms with Crippen LogP contribution in [-0.2, 0) is 11.3 Å². The maximum absolute atomic E-state index is 11.5. The van der Waals surface area contributed by atoms with Gasteiger partial charge in [0.2, 0.25) is 0 Å². The van der Waals surface area contributed by atoms with Crippen LogP contribution in [-0.4, -0.2) is 29.0 Å². The Morgan fingerprint density at radius 2 is 2.15 bits per heavy atom. The Kier molecular flexibility index (Phi) is 4.26. The van der Waals surface area contributed by atoms with E-state index >= 15 is 0 Å². The zero-order valence-corrected chi connectivity index (χ0v) is 11.9. The van der Waals surface area contributed by atoms with Gasteiger partial charge in [-0.1, -0.05) is 18.2 Å². The summed E-state index contributed by atoms with van der Waals surface area (Å²) in [5.41, 5.74) is 1.55. The Morgan fingerprint density at radius 3 is 2.70 bits per heavy atom. The fraction of sp³-hybridized carbons (Fsp3) is 0.214. The van der Waals surface area contributed by atoms with Crippen LogP contribution in [0.15, 0.2) is 24.3 Å². The van der Waals surface area contributed by atoms with E-state index < -0.39 is 5.97 Å². The van der Waals surface area contributed by atoms with Gasteiger partial charge in [-0.05, 0) is 11.6 Å². The van der Waals surface area contributed by atoms with E-state index in [4.69, 9.17) is 9.84 Å². The highest BCUT2D eigenvalue weighted by Crippen LogP contribution is 2.29. The second-order valence-electron chi connectivity index (χ2n) is 4.19. The topological polar surface area (TPSA) is 76.5 Å². The van der Waals surface area contributed by atoms with Gasteiger partial charge in [0, 0.05) is 19.6 Å². The maximum Gasteiger partial charge on any atom is 0.356 e. The Balaban J connectivity index is 2.47. The molecule has 0 aliphatic carbocycles. The molecule has 1 N–H and O–H groups in total. The van der Waals surface area contributed by atoms with Crippen LogP contribution in [0.1, 0.15) is 32.6 Å². The number of hydrogen-bond acceptors (Lipinski definition) is 5. The molecule has 0 unspecified atom stereocenters. The van der Waals surface area contributed by atoms with E-state index in [0.717, 1.165) is 22.5 Å². The van der Waals surface area contributed by atoms with E-state index in [1.54, 1.807) is 7.11 Å². The van der Waals surface area contributed by atoms with Crippen molar-refractivity contribution in [2.75, 3.05) is 7.11 Å². The van der Waals surface area contributed by atoms with Gasteiger partial charge in [-0.25, -0.2) is 9.78 Å². The van der Waals surface area contributed by atoms with E-state index in [0.29, 0.717) is 11.6 Å². The minimum Gasteiger partial charge on any atom is -0.476 e. The summed E-state index contributed by atoms with van der Waals surface area (Å²) >= 11 is 1.09. The Bertz CT molecular complexity index is 631. The van der Waals surface area contributed by atoms with Crippen molar-refractivity contribution >= 4 is 23.1 Å². The van der Waals surface area contributed by atoms with Crippen LogP contribution < -0.4 is 0 Å². The first-order chi connectivity index (χ1) is 9.52. The van der Waals surface area contributed by atoms with Gasteiger partial charge in [-0.15, -0.1) is 11.3 Å². The van der Waals surface area contributed by atoms with Gasteiger partial charge in [0.05, 0.1) is 6.61 Å². The molecule has 0 amide bonds. The molecule has 104 valence electrons. The summed E-state index contributed by atoms with van der Waals surface area (Å²) in [6.07, 6.45) is 0. The average Bonchev–Trinajstić information content (AvgIpc) is 2.85. The minimum absolute atomic E-state index is 0.171. The second kappa shape index (κ2) is 5.94. The molecule has 0 fully saturated rings. The monoisotopic (exact) mass is 291 g/mol. The highest BCUT2D eigenvalue weighted by molar-refractivity contribution is 7.17. The fourth-order valence-electron chi connectivity index (χ4n) is 1.79. The number of ketones is 1. The minimum atomic E-state index is -1.19. The number of aromatic carboxylic acids is 1. The third kappa shape index (κ3) is 2.92. The van der Waals surface area contributed by atoms with Crippen molar-refractivity contribution in [3.05, 3.63) is 40.4 Å². The Morgan fingerprint density at radius 1 is 1.40 bits per heavy atom. The highest BCUT2D eigenvalue weighted by Gasteiger charge is 2.21. The van der Waals surface area contributed by atoms with Gasteiger partial charge in [-0.2, -0.15) is 0 Å². The molecule has 1 heterocycles. The predicted molar refractivity (Wildman–Crippen MR) is 75.2 cm³/mol. The van der Waals surface area contributed by atoms with Crippen molar-refractivity contribution in [1.29, 1.82) is 0 Å². The Hall–Kier alpha value is -2.05. The number of aromatic nitrogens is 1. The molecule has 5 nitrogen and oxygen atoms in total. The highest BCUT2D eigenvalue weighted by atomic mass is 32.1. The largest absolute Gasteiger partial charge is 0.476 e. The molecule has 0 saturated heterocycles. The number of nitrogens with zero attached hydrogens (tertiary/aromatic N) is 1. The van der Waals surface area contributed by atoms with Gasteiger partial charge in [0.15, 0.2) is 11.5 Å². The smallest absolute Gasteiger partial charge is 0.356 e. The zero-order chi connectivity index (χ0) is 14.7. The molecular formula is C14H13NO4S. The molecule has 1 aromatic heterocycles. The normalized spacial score (nSPS) is 10.5. The average molecular weight is 291 g/mol. The lowest BCUT2D eigenvalue weighted by molar-refractivity contribution is 0.0687. The van der Waals surface area contributed by atoms with Gasteiger partial charge in [-0.3, -0.25) is 4.79 Å². The lowest BCUT2D eigenvalue weighted by Gasteiger charge is -2.01. The van der Waals surface area contributed by atoms with Crippen molar-refractivity contribution in [1.82, 2.24) is 4.98 Å². The predicted octanol–water partition coefficient (Wildman–Crippen LogP) is 2.86. The summed E-state index contributed by atoms with van der Waals surface area (Å²) in [6, 6.07) is 7.45. The number of carbonyl (C=O) groups excluding carboxylic acids is 1. The molecule has 0 aliphatic rings. The summed E-state index contributed by atoms with van der Waals surface area (Å²) in [6.45, 7) is 1.80. The molecule has 0 bridgehead atoms. The van der Waals surface area contributed by atoms with E-state index in [1.807, 2.05) is 24.3 Å². The van der Waals surface area contributed by atoms with E-state index in [9.17, 15) is 9.59 Å². The first-order valence-electron chi connectivity index (χ1n) is 5.86. The number of methoxy groups -OCH3 is 1. The molecule has 0 spiro atoms. The quantitative estimate of drug-likeness (QED) is 0.857. The lowest BCUT2D eigenvalue weighted by Crippen LogP contribution is -2.03. The number of carboxylic acid groups (broad SMARTS) is 1. The van der Waals surface area contributed by atoms with Crippen LogP contribution in [0.4, 0.5) is 0 Å². The lowest BCUT2D eigenvalue weighted by atomic mass is 10.1. The number of hydrogen-bond donors (Lipinski definition) is 1. The molecule has 0 atom stereocenters. The number of carboxylic acids is 1. The van der Waals surface area contributed by atoms with Crippen molar-refractivity contribution < 1.29 is 19.4 Å². The number of Topliss-reactive ketones (excluding diaryl/α,β-unsaturated/α-hetero) is 1. The number of benzene rings is 1. The third-order valence-electron chi connectivity index (χ3n) is 2.63. The van der Waals surface area contributed by atoms with Crippen molar-refractivity contribution in [2.24, 2.45) is 0 Å². The molecule has 1 aromatic carbocycles. The van der Waals surface area contributed by atoms with E-state index in [2.05, 4.69) is 4.98 Å². The third-order valence-corrected chi connectivity index (χ3v) is 3.84. The summed E-state index contributed by atoms with van der Waals surface area (Å²) in [5.74, 6) is -1.48. The first-order valence-corrected chi connectivity index (χ1v) is 6.68. The summed E-state index contributed by atoms with van der Waals surface area (Å²) in [7, 11) is 1.60. The summed E-state index contributed by atoms with van der Waals surface area (Å²) < 4.78 is 5.06. The molecule has 0 saturated carbocycles. The molecule has 20 heavy (non-hydrogen) atoms. The van der Waals surface area contributed by atoms with Gasteiger partial charge in [0.1, 0.15) is 9.88 Å². The van der Waals surface area contributed by atoms with Crippen LogP contribution in [0.5, 0.6) is 0 Å². The zero-order valence-electron chi connectivity index (χ0n) is 11.0. The van der Waals surface area contributed by atoms with Crippen LogP contribution >= 0.6 is 11.3 Å². The van der Waals surface area contributed by atoms with E-state index in [-0.39, 0.29) is 16.4 Å². The fourth-order valence-corrected chi connectivity index (χ4v) is 2.74. The second-order valence-corrected chi connectivity index (χ2v) is 5.19. The Labute approximate surface area is 119 Å². The summed E-state index contributed by atoms with van der Waals surface area (Å²) in [5, 5.41) is 9.60. The molecule has 0 aliphatic heterocycles. The van der Waals surface area contributed by atoms with Crippen molar-refractivity contribution in [3.8, 4) is 10.6 Å². The first kappa shape index (κ1) is 14.4. The van der Waals surface area contributed by atoms with Gasteiger partial charge < -0.3 is 9.84 Å². The van der Waals surface area contributed by atoms with Crippen molar-refractivity contribution in [3.63, 3.8) is 0 Å². The SMILES string of the molecule is COCc1cccc(-c2nc(C(=O)O)c(C(C)=O)s2)c1. The number of rotatable bonds is 5. The van der Waals surface area contributed by atoms with Crippen LogP contribution in [0, 0.1) is 0 Å². The standard InChI is InChI=1S/C14H13NO4S/c1-8(16)12-11(14(17)18)15-13(20-12)10-5-3-4-9(6-10)7-19-2/h3-6H,7H2,1-2H3,(H,17,18). The molecule has 6 heteroatoms. The van der Waals surface area contributed by atoms with Crippen LogP contribution in [0.2, 0.25) is 0 Å². The van der Waals surface area contributed by atoms with Crippen LogP contribution in [0.25, 0.3) is 10.6 Å². The molecule has 2 aromatic rings. The number of thiazole rings is 1. The van der Waals surface area contributed by atoms with Gasteiger partial charge in [0.25, 0.3) is 0 Å². The van der Waals surface area contributed by atoms with Gasteiger partial charge >= 0.3 is 5.97 Å². The number of ether oxygens (including phenoxy) is 1. The molecular weight excluding hydrogens is 278 g/mol. The van der Waals surface area contributed by atoms with Crippen LogP contribution in [0.3, 0.4) is 0 Å². The summed E-state index contributed by atoms with van der Waals surface area (Å²) in [4.78, 5) is 26.8. The maximum atomic E-state index is 11.5. The van der Waals surface area contributed by atoms with E-state index in [1.165, 1.54) is 6.92 Å².